The first-order valence-electron chi connectivity index (χ1n) is 9.17. The summed E-state index contributed by atoms with van der Waals surface area (Å²) in [4.78, 5) is 25.0. The lowest BCUT2D eigenvalue weighted by molar-refractivity contribution is -0.184. The molecule has 0 aromatic heterocycles. The van der Waals surface area contributed by atoms with Crippen molar-refractivity contribution < 1.29 is 18.4 Å². The third kappa shape index (κ3) is 3.49. The molecular formula is C21H18Cl2F2N2O2. The van der Waals surface area contributed by atoms with Crippen LogP contribution in [0.25, 0.3) is 0 Å². The molecule has 5 rings (SSSR count). The number of carbonyl (C=O) groups is 2. The molecule has 3 aliphatic rings. The second-order valence-corrected chi connectivity index (χ2v) is 8.91. The molecule has 4 nitrogen and oxygen atoms in total. The van der Waals surface area contributed by atoms with E-state index in [1.807, 2.05) is 6.92 Å². The molecule has 2 N–H and O–H groups in total. The zero-order valence-electron chi connectivity index (χ0n) is 15.5. The van der Waals surface area contributed by atoms with E-state index in [0.717, 1.165) is 12.1 Å². The molecule has 0 spiro atoms. The molecule has 2 aromatic rings. The highest BCUT2D eigenvalue weighted by Crippen LogP contribution is 2.70. The maximum absolute atomic E-state index is 13.3. The molecule has 3 aliphatic carbocycles. The Labute approximate surface area is 176 Å². The standard InChI is InChI=1S/C21H18Cl2F2N2O2/c1-11(18(28)26-13-3-5-16(24)17(25)7-13)20-8-21(9-20,10-20)27-19(29)12-2-4-14(22)15(23)6-12/h2-7,11H,8-10H2,1H3,(H,26,28)(H,27,29). The number of benzene rings is 2. The van der Waals surface area contributed by atoms with Crippen molar-refractivity contribution in [2.45, 2.75) is 31.7 Å². The van der Waals surface area contributed by atoms with Gasteiger partial charge in [0.15, 0.2) is 11.6 Å². The van der Waals surface area contributed by atoms with Crippen molar-refractivity contribution in [2.75, 3.05) is 5.32 Å². The third-order valence-corrected chi connectivity index (χ3v) is 6.87. The Hall–Kier alpha value is -2.18. The third-order valence-electron chi connectivity index (χ3n) is 6.13. The van der Waals surface area contributed by atoms with Crippen molar-refractivity contribution in [2.24, 2.45) is 11.3 Å². The van der Waals surface area contributed by atoms with Crippen LogP contribution < -0.4 is 10.6 Å². The zero-order valence-corrected chi connectivity index (χ0v) is 17.0. The van der Waals surface area contributed by atoms with Gasteiger partial charge in [-0.05, 0) is 55.0 Å². The van der Waals surface area contributed by atoms with Crippen LogP contribution in [0.1, 0.15) is 36.5 Å². The largest absolute Gasteiger partial charge is 0.347 e. The first kappa shape index (κ1) is 20.1. The van der Waals surface area contributed by atoms with E-state index in [0.29, 0.717) is 34.9 Å². The lowest BCUT2D eigenvalue weighted by Gasteiger charge is -2.72. The summed E-state index contributed by atoms with van der Waals surface area (Å²) >= 11 is 11.9. The van der Waals surface area contributed by atoms with Gasteiger partial charge >= 0.3 is 0 Å². The van der Waals surface area contributed by atoms with E-state index in [4.69, 9.17) is 23.2 Å². The molecular weight excluding hydrogens is 421 g/mol. The highest BCUT2D eigenvalue weighted by atomic mass is 35.5. The molecule has 8 heteroatoms. The van der Waals surface area contributed by atoms with Crippen LogP contribution in [0.2, 0.25) is 10.0 Å². The van der Waals surface area contributed by atoms with Gasteiger partial charge in [0.25, 0.3) is 5.91 Å². The molecule has 1 atom stereocenters. The van der Waals surface area contributed by atoms with Crippen LogP contribution in [0.5, 0.6) is 0 Å². The predicted octanol–water partition coefficient (Wildman–Crippen LogP) is 5.20. The van der Waals surface area contributed by atoms with Gasteiger partial charge in [0.2, 0.25) is 5.91 Å². The Balaban J connectivity index is 1.35. The predicted molar refractivity (Wildman–Crippen MR) is 107 cm³/mol. The molecule has 152 valence electrons. The Kier molecular flexibility index (Phi) is 4.82. The fraction of sp³-hybridized carbons (Fsp3) is 0.333. The SMILES string of the molecule is CC(C(=O)Nc1ccc(F)c(F)c1)C12CC(NC(=O)c3ccc(Cl)c(Cl)c3)(C1)C2. The van der Waals surface area contributed by atoms with E-state index in [1.165, 1.54) is 12.1 Å². The van der Waals surface area contributed by atoms with Crippen molar-refractivity contribution in [1.29, 1.82) is 0 Å². The Bertz CT molecular complexity index is 1010. The normalized spacial score (nSPS) is 25.4. The summed E-state index contributed by atoms with van der Waals surface area (Å²) in [7, 11) is 0. The molecule has 2 aromatic carbocycles. The number of amides is 2. The molecule has 29 heavy (non-hydrogen) atoms. The van der Waals surface area contributed by atoms with Crippen molar-refractivity contribution in [3.8, 4) is 0 Å². The van der Waals surface area contributed by atoms with Crippen LogP contribution in [0, 0.1) is 23.0 Å². The van der Waals surface area contributed by atoms with Crippen LogP contribution in [-0.4, -0.2) is 17.4 Å². The molecule has 3 saturated carbocycles. The molecule has 0 saturated heterocycles. The average Bonchev–Trinajstić information content (AvgIpc) is 2.61. The molecule has 0 heterocycles. The Morgan fingerprint density at radius 3 is 2.31 bits per heavy atom. The topological polar surface area (TPSA) is 58.2 Å². The second kappa shape index (κ2) is 6.96. The molecule has 2 bridgehead atoms. The van der Waals surface area contributed by atoms with Gasteiger partial charge in [0.1, 0.15) is 0 Å². The number of nitrogens with one attached hydrogen (secondary N) is 2. The smallest absolute Gasteiger partial charge is 0.251 e. The van der Waals surface area contributed by atoms with Crippen LogP contribution in [0.15, 0.2) is 36.4 Å². The van der Waals surface area contributed by atoms with Gasteiger partial charge in [-0.1, -0.05) is 30.1 Å². The number of hydrogen-bond donors (Lipinski definition) is 2. The summed E-state index contributed by atoms with van der Waals surface area (Å²) < 4.78 is 26.4. The van der Waals surface area contributed by atoms with Crippen LogP contribution in [0.3, 0.4) is 0 Å². The maximum Gasteiger partial charge on any atom is 0.251 e. The monoisotopic (exact) mass is 438 g/mol. The van der Waals surface area contributed by atoms with E-state index in [1.54, 1.807) is 12.1 Å². The minimum Gasteiger partial charge on any atom is -0.347 e. The first-order valence-corrected chi connectivity index (χ1v) is 9.92. The van der Waals surface area contributed by atoms with Gasteiger partial charge in [-0.15, -0.1) is 0 Å². The fourth-order valence-electron chi connectivity index (χ4n) is 4.51. The van der Waals surface area contributed by atoms with Crippen molar-refractivity contribution in [3.05, 3.63) is 63.6 Å². The average molecular weight is 439 g/mol. The highest BCUT2D eigenvalue weighted by molar-refractivity contribution is 6.42. The van der Waals surface area contributed by atoms with Gasteiger partial charge in [-0.3, -0.25) is 9.59 Å². The van der Waals surface area contributed by atoms with Crippen LogP contribution in [0.4, 0.5) is 14.5 Å². The molecule has 1 unspecified atom stereocenters. The van der Waals surface area contributed by atoms with E-state index in [9.17, 15) is 18.4 Å². The Morgan fingerprint density at radius 2 is 1.69 bits per heavy atom. The summed E-state index contributed by atoms with van der Waals surface area (Å²) in [5, 5.41) is 6.38. The van der Waals surface area contributed by atoms with Gasteiger partial charge < -0.3 is 10.6 Å². The molecule has 2 amide bonds. The minimum absolute atomic E-state index is 0.187. The van der Waals surface area contributed by atoms with Gasteiger partial charge in [0, 0.05) is 28.8 Å². The van der Waals surface area contributed by atoms with E-state index >= 15 is 0 Å². The number of rotatable bonds is 5. The quantitative estimate of drug-likeness (QED) is 0.673. The minimum atomic E-state index is -1.01. The number of hydrogen-bond acceptors (Lipinski definition) is 2. The number of halogens is 4. The van der Waals surface area contributed by atoms with Crippen LogP contribution in [-0.2, 0) is 4.79 Å². The lowest BCUT2D eigenvalue weighted by atomic mass is 9.36. The summed E-state index contributed by atoms with van der Waals surface area (Å²) in [6, 6.07) is 7.98. The summed E-state index contributed by atoms with van der Waals surface area (Å²) in [6.07, 6.45) is 2.08. The summed E-state index contributed by atoms with van der Waals surface area (Å²) in [6.45, 7) is 1.82. The van der Waals surface area contributed by atoms with Crippen molar-refractivity contribution in [3.63, 3.8) is 0 Å². The van der Waals surface area contributed by atoms with E-state index < -0.39 is 11.6 Å². The van der Waals surface area contributed by atoms with Crippen molar-refractivity contribution >= 4 is 40.7 Å². The van der Waals surface area contributed by atoms with Gasteiger partial charge in [0.05, 0.1) is 10.0 Å². The lowest BCUT2D eigenvalue weighted by Crippen LogP contribution is -2.77. The first-order chi connectivity index (χ1) is 13.6. The molecule has 0 aliphatic heterocycles. The van der Waals surface area contributed by atoms with Crippen LogP contribution >= 0.6 is 23.2 Å². The number of carbonyl (C=O) groups excluding carboxylic acids is 2. The Morgan fingerprint density at radius 1 is 1.00 bits per heavy atom. The summed E-state index contributed by atoms with van der Waals surface area (Å²) in [5.74, 6) is -2.77. The second-order valence-electron chi connectivity index (χ2n) is 8.10. The van der Waals surface area contributed by atoms with E-state index in [-0.39, 0.29) is 34.4 Å². The highest BCUT2D eigenvalue weighted by Gasteiger charge is 2.71. The molecule has 3 fully saturated rings. The number of anilines is 1. The van der Waals surface area contributed by atoms with Gasteiger partial charge in [-0.25, -0.2) is 8.78 Å². The molecule has 0 radical (unpaired) electrons. The summed E-state index contributed by atoms with van der Waals surface area (Å²) in [5.41, 5.74) is 0.158. The maximum atomic E-state index is 13.3. The van der Waals surface area contributed by atoms with Gasteiger partial charge in [-0.2, -0.15) is 0 Å². The zero-order chi connectivity index (χ0) is 21.0. The fourth-order valence-corrected chi connectivity index (χ4v) is 4.81. The van der Waals surface area contributed by atoms with E-state index in [2.05, 4.69) is 10.6 Å². The van der Waals surface area contributed by atoms with Crippen molar-refractivity contribution in [1.82, 2.24) is 5.32 Å².